The van der Waals surface area contributed by atoms with Gasteiger partial charge in [0.1, 0.15) is 0 Å². The molecule has 66 valence electrons. The highest BCUT2D eigenvalue weighted by Gasteiger charge is 2.33. The zero-order valence-corrected chi connectivity index (χ0v) is 7.00. The first-order valence-electron chi connectivity index (χ1n) is 3.50. The summed E-state index contributed by atoms with van der Waals surface area (Å²) in [5.41, 5.74) is 4.23. The van der Waals surface area contributed by atoms with E-state index in [1.807, 2.05) is 0 Å². The Morgan fingerprint density at radius 2 is 2.33 bits per heavy atom. The van der Waals surface area contributed by atoms with Crippen LogP contribution in [0.3, 0.4) is 0 Å². The van der Waals surface area contributed by atoms with E-state index in [-0.39, 0.29) is 11.8 Å². The normalized spacial score (nSPS) is 28.6. The topological polar surface area (TPSA) is 75.4 Å². The van der Waals surface area contributed by atoms with Crippen LogP contribution in [0.1, 0.15) is 6.92 Å². The highest BCUT2D eigenvalue weighted by atomic mass is 16.2. The van der Waals surface area contributed by atoms with Gasteiger partial charge in [-0.1, -0.05) is 0 Å². The van der Waals surface area contributed by atoms with Gasteiger partial charge in [0.05, 0.1) is 0 Å². The Labute approximate surface area is 70.2 Å². The van der Waals surface area contributed by atoms with Crippen LogP contribution in [-0.2, 0) is 4.79 Å². The van der Waals surface area contributed by atoms with E-state index in [4.69, 9.17) is 5.73 Å². The lowest BCUT2D eigenvalue weighted by Gasteiger charge is -2.30. The fourth-order valence-electron chi connectivity index (χ4n) is 0.809. The highest BCUT2D eigenvalue weighted by molar-refractivity contribution is 5.93. The van der Waals surface area contributed by atoms with Crippen LogP contribution in [0, 0.1) is 0 Å². The third kappa shape index (κ3) is 1.31. The van der Waals surface area contributed by atoms with Crippen LogP contribution in [-0.4, -0.2) is 29.4 Å². The van der Waals surface area contributed by atoms with E-state index in [2.05, 4.69) is 5.32 Å². The molecule has 0 fully saturated rings. The van der Waals surface area contributed by atoms with E-state index in [0.29, 0.717) is 0 Å². The molecule has 1 aliphatic rings. The average molecular weight is 169 g/mol. The van der Waals surface area contributed by atoms with Gasteiger partial charge >= 0.3 is 6.03 Å². The maximum atomic E-state index is 11.0. The molecule has 12 heavy (non-hydrogen) atoms. The van der Waals surface area contributed by atoms with Crippen molar-refractivity contribution in [2.75, 3.05) is 7.05 Å². The zero-order valence-electron chi connectivity index (χ0n) is 7.00. The predicted octanol–water partition coefficient (Wildman–Crippen LogP) is -0.601. The van der Waals surface area contributed by atoms with Gasteiger partial charge in [0, 0.05) is 13.2 Å². The second-order valence-corrected chi connectivity index (χ2v) is 2.78. The maximum Gasteiger partial charge on any atom is 0.323 e. The molecular weight excluding hydrogens is 158 g/mol. The Hall–Kier alpha value is -1.36. The first-order valence-corrected chi connectivity index (χ1v) is 3.50. The van der Waals surface area contributed by atoms with Crippen LogP contribution in [0.4, 0.5) is 4.79 Å². The van der Waals surface area contributed by atoms with Crippen LogP contribution < -0.4 is 11.1 Å². The Morgan fingerprint density at radius 3 is 2.75 bits per heavy atom. The molecule has 5 nitrogen and oxygen atoms in total. The fraction of sp³-hybridized carbons (Fsp3) is 0.429. The molecule has 1 rings (SSSR count). The lowest BCUT2D eigenvalue weighted by molar-refractivity contribution is -0.121. The number of nitrogens with zero attached hydrogens (tertiary/aromatic N) is 1. The number of amides is 2. The van der Waals surface area contributed by atoms with Crippen molar-refractivity contribution in [2.45, 2.75) is 12.6 Å². The number of Topliss-reactive ketones (excluding diaryl/α,β-unsaturated/α-hetero) is 1. The van der Waals surface area contributed by atoms with Crippen molar-refractivity contribution in [1.29, 1.82) is 0 Å². The van der Waals surface area contributed by atoms with Crippen LogP contribution >= 0.6 is 0 Å². The van der Waals surface area contributed by atoms with E-state index in [9.17, 15) is 9.59 Å². The highest BCUT2D eigenvalue weighted by Crippen LogP contribution is 2.07. The van der Waals surface area contributed by atoms with Crippen molar-refractivity contribution < 1.29 is 9.59 Å². The number of carbonyl (C=O) groups excluding carboxylic acids is 2. The smallest absolute Gasteiger partial charge is 0.310 e. The molecule has 1 unspecified atom stereocenters. The Balaban J connectivity index is 2.92. The van der Waals surface area contributed by atoms with Gasteiger partial charge in [-0.2, -0.15) is 0 Å². The Morgan fingerprint density at radius 1 is 1.75 bits per heavy atom. The minimum Gasteiger partial charge on any atom is -0.310 e. The van der Waals surface area contributed by atoms with E-state index in [0.717, 1.165) is 0 Å². The summed E-state index contributed by atoms with van der Waals surface area (Å²) >= 11 is 0. The quantitative estimate of drug-likeness (QED) is 0.550. The van der Waals surface area contributed by atoms with E-state index < -0.39 is 5.66 Å². The monoisotopic (exact) mass is 169 g/mol. The summed E-state index contributed by atoms with van der Waals surface area (Å²) < 4.78 is 0. The summed E-state index contributed by atoms with van der Waals surface area (Å²) in [7, 11) is 1.57. The molecule has 0 radical (unpaired) electrons. The zero-order chi connectivity index (χ0) is 9.35. The van der Waals surface area contributed by atoms with Crippen molar-refractivity contribution in [2.24, 2.45) is 5.73 Å². The van der Waals surface area contributed by atoms with Crippen LogP contribution in [0.15, 0.2) is 12.3 Å². The average Bonchev–Trinajstić information content (AvgIpc) is 1.97. The molecule has 0 aromatic heterocycles. The molecule has 0 spiro atoms. The number of hydrogen-bond donors (Lipinski definition) is 2. The van der Waals surface area contributed by atoms with Gasteiger partial charge in [0.15, 0.2) is 11.4 Å². The number of hydrogen-bond acceptors (Lipinski definition) is 3. The number of nitrogens with two attached hydrogens (primary N) is 1. The van der Waals surface area contributed by atoms with Gasteiger partial charge in [-0.15, -0.1) is 0 Å². The number of urea groups is 1. The summed E-state index contributed by atoms with van der Waals surface area (Å²) in [5.74, 6) is -0.291. The van der Waals surface area contributed by atoms with Gasteiger partial charge in [-0.05, 0) is 13.0 Å². The Kier molecular flexibility index (Phi) is 1.89. The van der Waals surface area contributed by atoms with Gasteiger partial charge in [0.2, 0.25) is 0 Å². The van der Waals surface area contributed by atoms with E-state index in [1.165, 1.54) is 24.1 Å². The number of ketones is 1. The van der Waals surface area contributed by atoms with Gasteiger partial charge in [-0.25, -0.2) is 4.79 Å². The molecule has 0 saturated heterocycles. The Bertz CT molecular complexity index is 261. The summed E-state index contributed by atoms with van der Waals surface area (Å²) in [4.78, 5) is 23.3. The van der Waals surface area contributed by atoms with Crippen LogP contribution in [0.25, 0.3) is 0 Å². The largest absolute Gasteiger partial charge is 0.323 e. The lowest BCUT2D eigenvalue weighted by Crippen LogP contribution is -2.63. The molecule has 3 N–H and O–H groups in total. The second kappa shape index (κ2) is 2.60. The SMILES string of the molecule is CC(=O)C1(N)C=CN(C)C(=O)N1. The second-order valence-electron chi connectivity index (χ2n) is 2.78. The van der Waals surface area contributed by atoms with Gasteiger partial charge in [-0.3, -0.25) is 10.5 Å². The molecular formula is C7H11N3O2. The summed E-state index contributed by atoms with van der Waals surface area (Å²) in [5, 5.41) is 2.37. The molecule has 2 amide bonds. The lowest BCUT2D eigenvalue weighted by atomic mass is 10.1. The molecule has 0 aromatic carbocycles. The molecule has 1 aliphatic heterocycles. The van der Waals surface area contributed by atoms with Crippen molar-refractivity contribution in [3.05, 3.63) is 12.3 Å². The van der Waals surface area contributed by atoms with Gasteiger partial charge < -0.3 is 10.2 Å². The molecule has 0 saturated carbocycles. The molecule has 5 heteroatoms. The van der Waals surface area contributed by atoms with Crippen molar-refractivity contribution >= 4 is 11.8 Å². The maximum absolute atomic E-state index is 11.0. The van der Waals surface area contributed by atoms with E-state index in [1.54, 1.807) is 7.05 Å². The molecule has 1 heterocycles. The third-order valence-electron chi connectivity index (χ3n) is 1.78. The molecule has 0 bridgehead atoms. The summed E-state index contributed by atoms with van der Waals surface area (Å²) in [6.07, 6.45) is 2.93. The first kappa shape index (κ1) is 8.73. The van der Waals surface area contributed by atoms with Crippen molar-refractivity contribution in [3.8, 4) is 0 Å². The number of carbonyl (C=O) groups is 2. The standard InChI is InChI=1S/C7H11N3O2/c1-5(11)7(8)3-4-10(2)6(12)9-7/h3-4H,8H2,1-2H3,(H,9,12). The minimum absolute atomic E-state index is 0.291. The van der Waals surface area contributed by atoms with Crippen molar-refractivity contribution in [3.63, 3.8) is 0 Å². The minimum atomic E-state index is -1.33. The molecule has 0 aromatic rings. The summed E-state index contributed by atoms with van der Waals surface area (Å²) in [6, 6.07) is -0.379. The summed E-state index contributed by atoms with van der Waals surface area (Å²) in [6.45, 7) is 1.33. The van der Waals surface area contributed by atoms with Crippen LogP contribution in [0.2, 0.25) is 0 Å². The molecule has 1 atom stereocenters. The number of nitrogens with one attached hydrogen (secondary N) is 1. The predicted molar refractivity (Wildman–Crippen MR) is 43.0 cm³/mol. The van der Waals surface area contributed by atoms with Gasteiger partial charge in [0.25, 0.3) is 0 Å². The first-order chi connectivity index (χ1) is 5.46. The van der Waals surface area contributed by atoms with Crippen molar-refractivity contribution in [1.82, 2.24) is 10.2 Å². The number of rotatable bonds is 1. The van der Waals surface area contributed by atoms with Crippen LogP contribution in [0.5, 0.6) is 0 Å². The molecule has 0 aliphatic carbocycles. The fourth-order valence-corrected chi connectivity index (χ4v) is 0.809. The van der Waals surface area contributed by atoms with E-state index >= 15 is 0 Å². The third-order valence-corrected chi connectivity index (χ3v) is 1.78.